The maximum atomic E-state index is 13.8. The first-order valence-electron chi connectivity index (χ1n) is 11.3. The number of rotatable bonds is 8. The topological polar surface area (TPSA) is 140 Å². The van der Waals surface area contributed by atoms with E-state index >= 15 is 0 Å². The molecule has 1 fully saturated rings. The summed E-state index contributed by atoms with van der Waals surface area (Å²) in [5, 5.41) is 11.6. The lowest BCUT2D eigenvalue weighted by Gasteiger charge is -2.35. The van der Waals surface area contributed by atoms with Gasteiger partial charge in [-0.25, -0.2) is 13.2 Å². The molecule has 2 aromatic carbocycles. The van der Waals surface area contributed by atoms with Crippen molar-refractivity contribution < 1.29 is 32.4 Å². The molecule has 14 heteroatoms. The average molecular weight is 555 g/mol. The van der Waals surface area contributed by atoms with Crippen LogP contribution in [-0.4, -0.2) is 81.6 Å². The SMILES string of the molecule is CCOC(=O)N1CCN(C(=O)CN(c2cc(Cl)ccc2OC)S(=O)(=O)c2ccc(C)c([N+](=O)[O-])c2)CC1. The lowest BCUT2D eigenvalue weighted by Crippen LogP contribution is -2.53. The fourth-order valence-corrected chi connectivity index (χ4v) is 5.41. The maximum Gasteiger partial charge on any atom is 0.409 e. The number of halogens is 1. The number of hydrogen-bond acceptors (Lipinski definition) is 8. The highest BCUT2D eigenvalue weighted by Gasteiger charge is 2.34. The number of hydrogen-bond donors (Lipinski definition) is 0. The largest absolute Gasteiger partial charge is 0.495 e. The van der Waals surface area contributed by atoms with Crippen molar-refractivity contribution in [3.63, 3.8) is 0 Å². The van der Waals surface area contributed by atoms with Crippen molar-refractivity contribution in [1.29, 1.82) is 0 Å². The molecule has 1 saturated heterocycles. The first-order valence-corrected chi connectivity index (χ1v) is 13.1. The lowest BCUT2D eigenvalue weighted by molar-refractivity contribution is -0.385. The highest BCUT2D eigenvalue weighted by Crippen LogP contribution is 2.36. The quantitative estimate of drug-likeness (QED) is 0.358. The molecule has 1 heterocycles. The number of piperazine rings is 1. The molecule has 0 unspecified atom stereocenters. The van der Waals surface area contributed by atoms with E-state index in [0.717, 1.165) is 10.4 Å². The van der Waals surface area contributed by atoms with E-state index in [-0.39, 0.29) is 65.4 Å². The third kappa shape index (κ3) is 6.23. The number of nitrogens with zero attached hydrogens (tertiary/aromatic N) is 4. The molecule has 1 aliphatic rings. The zero-order valence-corrected chi connectivity index (χ0v) is 22.1. The number of ether oxygens (including phenoxy) is 2. The van der Waals surface area contributed by atoms with Gasteiger partial charge in [-0.2, -0.15) is 0 Å². The summed E-state index contributed by atoms with van der Waals surface area (Å²) in [6, 6.07) is 7.82. The van der Waals surface area contributed by atoms with Gasteiger partial charge >= 0.3 is 6.09 Å². The molecule has 0 saturated carbocycles. The summed E-state index contributed by atoms with van der Waals surface area (Å²) < 4.78 is 38.7. The number of nitro benzene ring substituents is 1. The Bertz CT molecular complexity index is 1300. The number of amides is 2. The van der Waals surface area contributed by atoms with E-state index < -0.39 is 33.5 Å². The third-order valence-electron chi connectivity index (χ3n) is 5.81. The predicted molar refractivity (Wildman–Crippen MR) is 136 cm³/mol. The predicted octanol–water partition coefficient (Wildman–Crippen LogP) is 3.06. The van der Waals surface area contributed by atoms with Gasteiger partial charge in [-0.3, -0.25) is 19.2 Å². The van der Waals surface area contributed by atoms with Crippen molar-refractivity contribution in [2.75, 3.05) is 50.7 Å². The molecule has 0 aromatic heterocycles. The Kier molecular flexibility index (Phi) is 8.81. The summed E-state index contributed by atoms with van der Waals surface area (Å²) in [5.74, 6) is -0.398. The highest BCUT2D eigenvalue weighted by atomic mass is 35.5. The number of sulfonamides is 1. The minimum atomic E-state index is -4.48. The Balaban J connectivity index is 1.97. The number of carbonyl (C=O) groups excluding carboxylic acids is 2. The van der Waals surface area contributed by atoms with Crippen LogP contribution in [0.25, 0.3) is 0 Å². The first kappa shape index (κ1) is 28.0. The van der Waals surface area contributed by atoms with Crippen molar-refractivity contribution >= 4 is 45.0 Å². The van der Waals surface area contributed by atoms with E-state index in [1.54, 1.807) is 6.92 Å². The lowest BCUT2D eigenvalue weighted by atomic mass is 10.2. The van der Waals surface area contributed by atoms with Crippen LogP contribution in [0.2, 0.25) is 5.02 Å². The van der Waals surface area contributed by atoms with E-state index in [1.807, 2.05) is 0 Å². The van der Waals surface area contributed by atoms with Crippen molar-refractivity contribution in [3.8, 4) is 5.75 Å². The summed E-state index contributed by atoms with van der Waals surface area (Å²) >= 11 is 6.15. The second kappa shape index (κ2) is 11.6. The van der Waals surface area contributed by atoms with Gasteiger partial charge in [0.2, 0.25) is 5.91 Å². The number of carbonyl (C=O) groups is 2. The molecule has 0 bridgehead atoms. The molecule has 12 nitrogen and oxygen atoms in total. The summed E-state index contributed by atoms with van der Waals surface area (Å²) in [7, 11) is -3.15. The minimum Gasteiger partial charge on any atom is -0.495 e. The molecular formula is C23H27ClN4O8S. The summed E-state index contributed by atoms with van der Waals surface area (Å²) in [6.07, 6.45) is -0.483. The van der Waals surface area contributed by atoms with E-state index in [0.29, 0.717) is 0 Å². The molecule has 0 radical (unpaired) electrons. The molecule has 2 amide bonds. The molecule has 0 N–H and O–H groups in total. The highest BCUT2D eigenvalue weighted by molar-refractivity contribution is 7.92. The van der Waals surface area contributed by atoms with Crippen molar-refractivity contribution in [3.05, 3.63) is 57.1 Å². The van der Waals surface area contributed by atoms with Gasteiger partial charge in [0.1, 0.15) is 12.3 Å². The van der Waals surface area contributed by atoms with Gasteiger partial charge in [0.05, 0.1) is 29.2 Å². The van der Waals surface area contributed by atoms with Gasteiger partial charge < -0.3 is 19.3 Å². The van der Waals surface area contributed by atoms with Crippen LogP contribution in [0.1, 0.15) is 12.5 Å². The minimum absolute atomic E-state index is 0.00302. The van der Waals surface area contributed by atoms with Crippen LogP contribution >= 0.6 is 11.6 Å². The summed E-state index contributed by atoms with van der Waals surface area (Å²) in [4.78, 5) is 38.6. The zero-order chi connectivity index (χ0) is 27.3. The van der Waals surface area contributed by atoms with Gasteiger partial charge in [-0.05, 0) is 38.1 Å². The number of anilines is 1. The van der Waals surface area contributed by atoms with Gasteiger partial charge in [-0.15, -0.1) is 0 Å². The van der Waals surface area contributed by atoms with Gasteiger partial charge in [0, 0.05) is 42.8 Å². The van der Waals surface area contributed by atoms with Gasteiger partial charge in [0.15, 0.2) is 0 Å². The fraction of sp³-hybridized carbons (Fsp3) is 0.391. The zero-order valence-electron chi connectivity index (χ0n) is 20.5. The Morgan fingerprint density at radius 2 is 1.76 bits per heavy atom. The fourth-order valence-electron chi connectivity index (χ4n) is 3.81. The Morgan fingerprint density at radius 1 is 1.11 bits per heavy atom. The van der Waals surface area contributed by atoms with Gasteiger partial charge in [-0.1, -0.05) is 17.7 Å². The van der Waals surface area contributed by atoms with Crippen LogP contribution in [0.5, 0.6) is 5.75 Å². The second-order valence-electron chi connectivity index (χ2n) is 8.10. The van der Waals surface area contributed by atoms with E-state index in [4.69, 9.17) is 21.1 Å². The normalized spacial score (nSPS) is 13.7. The monoisotopic (exact) mass is 554 g/mol. The average Bonchev–Trinajstić information content (AvgIpc) is 2.87. The number of aryl methyl sites for hydroxylation is 1. The summed E-state index contributed by atoms with van der Waals surface area (Å²) in [5.41, 5.74) is -0.0939. The van der Waals surface area contributed by atoms with Crippen LogP contribution in [0.15, 0.2) is 41.3 Å². The molecule has 0 aliphatic carbocycles. The molecule has 0 atom stereocenters. The van der Waals surface area contributed by atoms with Crippen LogP contribution < -0.4 is 9.04 Å². The number of methoxy groups -OCH3 is 1. The smallest absolute Gasteiger partial charge is 0.409 e. The van der Waals surface area contributed by atoms with Crippen molar-refractivity contribution in [2.24, 2.45) is 0 Å². The molecule has 37 heavy (non-hydrogen) atoms. The molecule has 2 aromatic rings. The van der Waals surface area contributed by atoms with Crippen molar-refractivity contribution in [1.82, 2.24) is 9.80 Å². The molecule has 200 valence electrons. The van der Waals surface area contributed by atoms with Gasteiger partial charge in [0.25, 0.3) is 15.7 Å². The molecular weight excluding hydrogens is 528 g/mol. The third-order valence-corrected chi connectivity index (χ3v) is 7.80. The van der Waals surface area contributed by atoms with E-state index in [1.165, 1.54) is 54.2 Å². The summed E-state index contributed by atoms with van der Waals surface area (Å²) in [6.45, 7) is 3.58. The van der Waals surface area contributed by atoms with E-state index in [9.17, 15) is 28.1 Å². The van der Waals surface area contributed by atoms with Crippen LogP contribution in [0.4, 0.5) is 16.2 Å². The first-order chi connectivity index (χ1) is 17.5. The Morgan fingerprint density at radius 3 is 2.35 bits per heavy atom. The Labute approximate surface area is 219 Å². The van der Waals surface area contributed by atoms with Crippen LogP contribution in [0.3, 0.4) is 0 Å². The number of benzene rings is 2. The number of nitro groups is 1. The van der Waals surface area contributed by atoms with Crippen LogP contribution in [-0.2, 0) is 19.6 Å². The Hall–Kier alpha value is -3.58. The second-order valence-corrected chi connectivity index (χ2v) is 10.4. The van der Waals surface area contributed by atoms with Crippen molar-refractivity contribution in [2.45, 2.75) is 18.7 Å². The molecule has 1 aliphatic heterocycles. The maximum absolute atomic E-state index is 13.8. The van der Waals surface area contributed by atoms with Crippen LogP contribution in [0, 0.1) is 17.0 Å². The molecule has 3 rings (SSSR count). The standard InChI is InChI=1S/C23H27ClN4O8S/c1-4-36-23(30)26-11-9-25(10-12-26)22(29)15-27(20-13-17(24)6-8-21(20)35-3)37(33,34)18-7-5-16(2)19(14-18)28(31)32/h5-8,13-14H,4,9-12,15H2,1-3H3. The van der Waals surface area contributed by atoms with E-state index in [2.05, 4.69) is 0 Å². The molecule has 0 spiro atoms.